The number of methoxy groups -OCH3 is 1. The maximum absolute atomic E-state index is 13.3. The Bertz CT molecular complexity index is 1030. The van der Waals surface area contributed by atoms with Gasteiger partial charge in [0.1, 0.15) is 6.29 Å². The van der Waals surface area contributed by atoms with Gasteiger partial charge in [-0.3, -0.25) is 0 Å². The molecule has 39 heavy (non-hydrogen) atoms. The number of rotatable bonds is 13. The van der Waals surface area contributed by atoms with Gasteiger partial charge in [0.05, 0.1) is 41.7 Å². The van der Waals surface area contributed by atoms with Gasteiger partial charge in [0, 0.05) is 25.9 Å². The van der Waals surface area contributed by atoms with Gasteiger partial charge in [0.2, 0.25) is 0 Å². The standard InChI is InChI=1S/C29H52O7SSi2/c1-28(2,3)38(8,9)34-20-22(36-39(10,11)29(4,5)6)19-26-27(33-7)24(25(35-26)17-18-30)21-37(31,32)23-15-13-12-14-16-23/h12-16,18,22,24-27H,17,19-21H2,1-11H3/t22-,24-,25-,26+,27-/m0/s1. The first kappa shape index (κ1) is 34.3. The van der Waals surface area contributed by atoms with E-state index < -0.39 is 50.7 Å². The van der Waals surface area contributed by atoms with Crippen LogP contribution in [0.4, 0.5) is 0 Å². The minimum absolute atomic E-state index is 0.00572. The number of ether oxygens (including phenoxy) is 2. The van der Waals surface area contributed by atoms with Gasteiger partial charge in [0.15, 0.2) is 26.5 Å². The molecule has 0 saturated carbocycles. The Morgan fingerprint density at radius 2 is 1.51 bits per heavy atom. The monoisotopic (exact) mass is 600 g/mol. The molecule has 1 aliphatic rings. The van der Waals surface area contributed by atoms with Crippen molar-refractivity contribution in [3.8, 4) is 0 Å². The van der Waals surface area contributed by atoms with Gasteiger partial charge in [-0.15, -0.1) is 0 Å². The fourth-order valence-corrected chi connectivity index (χ4v) is 8.49. The Balaban J connectivity index is 2.35. The fraction of sp³-hybridized carbons (Fsp3) is 0.759. The van der Waals surface area contributed by atoms with E-state index >= 15 is 0 Å². The molecule has 0 radical (unpaired) electrons. The van der Waals surface area contributed by atoms with Crippen LogP contribution in [0, 0.1) is 5.92 Å². The van der Waals surface area contributed by atoms with E-state index in [1.165, 1.54) is 0 Å². The second-order valence-corrected chi connectivity index (χ2v) is 25.5. The summed E-state index contributed by atoms with van der Waals surface area (Å²) in [5.74, 6) is -0.635. The van der Waals surface area contributed by atoms with E-state index in [0.717, 1.165) is 6.29 Å². The maximum Gasteiger partial charge on any atom is 0.192 e. The topological polar surface area (TPSA) is 88.1 Å². The average Bonchev–Trinajstić information content (AvgIpc) is 3.11. The number of sulfone groups is 1. The third-order valence-corrected chi connectivity index (χ3v) is 19.8. The van der Waals surface area contributed by atoms with Crippen LogP contribution in [0.2, 0.25) is 36.3 Å². The Labute approximate surface area is 239 Å². The molecule has 1 aliphatic heterocycles. The molecule has 1 heterocycles. The molecule has 0 aromatic heterocycles. The molecule has 5 atom stereocenters. The van der Waals surface area contributed by atoms with Crippen molar-refractivity contribution < 1.29 is 31.5 Å². The van der Waals surface area contributed by atoms with Crippen LogP contribution in [0.25, 0.3) is 0 Å². The molecule has 0 spiro atoms. The second-order valence-electron chi connectivity index (χ2n) is 13.9. The minimum atomic E-state index is -3.60. The first-order valence-electron chi connectivity index (χ1n) is 14.0. The van der Waals surface area contributed by atoms with Crippen LogP contribution in [0.5, 0.6) is 0 Å². The highest BCUT2D eigenvalue weighted by Crippen LogP contribution is 2.41. The van der Waals surface area contributed by atoms with E-state index in [1.807, 2.05) is 0 Å². The molecule has 0 bridgehead atoms. The first-order chi connectivity index (χ1) is 17.8. The molecule has 1 saturated heterocycles. The van der Waals surface area contributed by atoms with Crippen LogP contribution in [0.1, 0.15) is 54.4 Å². The summed E-state index contributed by atoms with van der Waals surface area (Å²) in [4.78, 5) is 11.8. The van der Waals surface area contributed by atoms with Crippen LogP contribution in [-0.2, 0) is 33.0 Å². The summed E-state index contributed by atoms with van der Waals surface area (Å²) in [6.07, 6.45) is -0.307. The summed E-state index contributed by atoms with van der Waals surface area (Å²) in [5, 5.41) is 0.0607. The number of hydrogen-bond acceptors (Lipinski definition) is 7. The van der Waals surface area contributed by atoms with Gasteiger partial charge in [-0.05, 0) is 48.4 Å². The predicted molar refractivity (Wildman–Crippen MR) is 162 cm³/mol. The molecular formula is C29H52O7SSi2. The normalized spacial score (nSPS) is 24.1. The van der Waals surface area contributed by atoms with Crippen molar-refractivity contribution in [1.82, 2.24) is 0 Å². The number of aldehydes is 1. The molecule has 0 N–H and O–H groups in total. The average molecular weight is 601 g/mol. The molecule has 7 nitrogen and oxygen atoms in total. The highest BCUT2D eigenvalue weighted by Gasteiger charge is 2.49. The van der Waals surface area contributed by atoms with E-state index in [4.69, 9.17) is 18.3 Å². The lowest BCUT2D eigenvalue weighted by Crippen LogP contribution is -2.49. The van der Waals surface area contributed by atoms with Gasteiger partial charge in [-0.25, -0.2) is 8.42 Å². The SMILES string of the molecule is CO[C@H]1[C@@H](CS(=O)(=O)c2ccccc2)[C@H](CC=O)O[C@@H]1C[C@@H](CO[Si](C)(C)C(C)(C)C)O[Si](C)(C)C(C)(C)C. The summed E-state index contributed by atoms with van der Waals surface area (Å²) < 4.78 is 52.4. The summed E-state index contributed by atoms with van der Waals surface area (Å²) in [7, 11) is -6.22. The summed E-state index contributed by atoms with van der Waals surface area (Å²) in [5.41, 5.74) is 0. The van der Waals surface area contributed by atoms with Gasteiger partial charge in [-0.2, -0.15) is 0 Å². The molecule has 1 aromatic rings. The van der Waals surface area contributed by atoms with E-state index in [-0.39, 0.29) is 33.2 Å². The van der Waals surface area contributed by atoms with Crippen LogP contribution in [0.3, 0.4) is 0 Å². The Morgan fingerprint density at radius 1 is 0.949 bits per heavy atom. The molecule has 10 heteroatoms. The number of carbonyl (C=O) groups is 1. The largest absolute Gasteiger partial charge is 0.414 e. The predicted octanol–water partition coefficient (Wildman–Crippen LogP) is 6.25. The molecular weight excluding hydrogens is 549 g/mol. The maximum atomic E-state index is 13.3. The van der Waals surface area contributed by atoms with Crippen LogP contribution >= 0.6 is 0 Å². The Morgan fingerprint density at radius 3 is 2.00 bits per heavy atom. The third kappa shape index (κ3) is 8.80. The number of hydrogen-bond donors (Lipinski definition) is 0. The Hall–Kier alpha value is -0.886. The number of benzene rings is 1. The first-order valence-corrected chi connectivity index (χ1v) is 21.4. The lowest BCUT2D eigenvalue weighted by molar-refractivity contribution is -0.111. The van der Waals surface area contributed by atoms with Crippen molar-refractivity contribution in [3.63, 3.8) is 0 Å². The third-order valence-electron chi connectivity index (χ3n) is 8.93. The van der Waals surface area contributed by atoms with Gasteiger partial charge >= 0.3 is 0 Å². The van der Waals surface area contributed by atoms with E-state index in [0.29, 0.717) is 13.0 Å². The summed E-state index contributed by atoms with van der Waals surface area (Å²) in [6.45, 7) is 22.6. The zero-order valence-electron chi connectivity index (χ0n) is 25.9. The van der Waals surface area contributed by atoms with E-state index in [2.05, 4.69) is 67.7 Å². The van der Waals surface area contributed by atoms with Crippen molar-refractivity contribution in [2.45, 2.75) is 120 Å². The van der Waals surface area contributed by atoms with E-state index in [1.54, 1.807) is 37.4 Å². The van der Waals surface area contributed by atoms with Crippen molar-refractivity contribution >= 4 is 32.8 Å². The molecule has 1 fully saturated rings. The van der Waals surface area contributed by atoms with Crippen molar-refractivity contribution in [1.29, 1.82) is 0 Å². The molecule has 224 valence electrons. The van der Waals surface area contributed by atoms with Gasteiger partial charge in [-0.1, -0.05) is 59.7 Å². The zero-order chi connectivity index (χ0) is 29.9. The van der Waals surface area contributed by atoms with Crippen LogP contribution in [0.15, 0.2) is 35.2 Å². The zero-order valence-corrected chi connectivity index (χ0v) is 28.8. The highest BCUT2D eigenvalue weighted by molar-refractivity contribution is 7.91. The van der Waals surface area contributed by atoms with Crippen molar-refractivity contribution in [2.24, 2.45) is 5.92 Å². The molecule has 1 aromatic carbocycles. The van der Waals surface area contributed by atoms with Crippen molar-refractivity contribution in [3.05, 3.63) is 30.3 Å². The van der Waals surface area contributed by atoms with Gasteiger partial charge < -0.3 is 23.1 Å². The summed E-state index contributed by atoms with van der Waals surface area (Å²) in [6, 6.07) is 8.40. The number of carbonyl (C=O) groups excluding carboxylic acids is 1. The Kier molecular flexibility index (Phi) is 11.4. The highest BCUT2D eigenvalue weighted by atomic mass is 32.2. The quantitative estimate of drug-likeness (QED) is 0.195. The molecule has 0 unspecified atom stereocenters. The van der Waals surface area contributed by atoms with Crippen LogP contribution < -0.4 is 0 Å². The molecule has 0 aliphatic carbocycles. The smallest absolute Gasteiger partial charge is 0.192 e. The van der Waals surface area contributed by atoms with E-state index in [9.17, 15) is 13.2 Å². The second kappa shape index (κ2) is 13.0. The summed E-state index contributed by atoms with van der Waals surface area (Å²) >= 11 is 0. The fourth-order valence-electron chi connectivity index (χ4n) is 4.43. The molecule has 2 rings (SSSR count). The van der Waals surface area contributed by atoms with Gasteiger partial charge in [0.25, 0.3) is 0 Å². The minimum Gasteiger partial charge on any atom is -0.414 e. The van der Waals surface area contributed by atoms with Crippen molar-refractivity contribution in [2.75, 3.05) is 19.5 Å². The molecule has 0 amide bonds. The lowest BCUT2D eigenvalue weighted by atomic mass is 9.94. The lowest BCUT2D eigenvalue weighted by Gasteiger charge is -2.42. The van der Waals surface area contributed by atoms with Crippen LogP contribution in [-0.4, -0.2) is 75.2 Å².